The molecule has 0 spiro atoms. The lowest BCUT2D eigenvalue weighted by Gasteiger charge is -2.08. The number of pyridine rings is 1. The Morgan fingerprint density at radius 3 is 2.88 bits per heavy atom. The van der Waals surface area contributed by atoms with Crippen molar-refractivity contribution < 1.29 is 4.79 Å². The van der Waals surface area contributed by atoms with Crippen molar-refractivity contribution in [3.8, 4) is 0 Å². The Bertz CT molecular complexity index is 946. The van der Waals surface area contributed by atoms with Crippen LogP contribution in [0.3, 0.4) is 0 Å². The third kappa shape index (κ3) is 3.18. The van der Waals surface area contributed by atoms with E-state index in [1.165, 1.54) is 11.3 Å². The molecule has 1 aromatic carbocycles. The normalized spacial score (nSPS) is 14.4. The number of thiophene rings is 1. The van der Waals surface area contributed by atoms with Crippen LogP contribution in [-0.2, 0) is 0 Å². The van der Waals surface area contributed by atoms with E-state index in [1.807, 2.05) is 36.4 Å². The summed E-state index contributed by atoms with van der Waals surface area (Å²) in [5.41, 5.74) is 5.06. The van der Waals surface area contributed by atoms with Crippen LogP contribution >= 0.6 is 22.9 Å². The third-order valence-corrected chi connectivity index (χ3v) is 5.09. The van der Waals surface area contributed by atoms with Gasteiger partial charge in [0.05, 0.1) is 21.6 Å². The first-order valence-electron chi connectivity index (χ1n) is 7.69. The summed E-state index contributed by atoms with van der Waals surface area (Å²) in [5, 5.41) is 4.88. The minimum Gasteiger partial charge on any atom is -0.267 e. The maximum atomic E-state index is 12.6. The lowest BCUT2D eigenvalue weighted by atomic mass is 10.1. The number of nitrogens with one attached hydrogen (secondary N) is 1. The molecule has 120 valence electrons. The smallest absolute Gasteiger partial charge is 0.267 e. The molecule has 4 rings (SSSR count). The number of hydrogen-bond donors (Lipinski definition) is 1. The second kappa shape index (κ2) is 6.34. The van der Waals surface area contributed by atoms with Crippen molar-refractivity contribution in [1.29, 1.82) is 0 Å². The van der Waals surface area contributed by atoms with Crippen LogP contribution in [0.25, 0.3) is 10.9 Å². The van der Waals surface area contributed by atoms with Crippen LogP contribution in [0.1, 0.15) is 39.7 Å². The number of carbonyl (C=O) groups is 1. The Hall–Kier alpha value is -2.24. The van der Waals surface area contributed by atoms with Gasteiger partial charge in [0, 0.05) is 21.9 Å². The van der Waals surface area contributed by atoms with Gasteiger partial charge in [-0.15, -0.1) is 11.3 Å². The van der Waals surface area contributed by atoms with E-state index in [0.29, 0.717) is 15.8 Å². The molecular formula is C18H14ClN3OS. The Morgan fingerprint density at radius 2 is 2.12 bits per heavy atom. The van der Waals surface area contributed by atoms with Crippen molar-refractivity contribution in [2.24, 2.45) is 5.10 Å². The van der Waals surface area contributed by atoms with Crippen molar-refractivity contribution in [2.75, 3.05) is 0 Å². The lowest BCUT2D eigenvalue weighted by molar-refractivity contribution is 0.0956. The number of benzene rings is 1. The number of nitrogens with zero attached hydrogens (tertiary/aromatic N) is 2. The molecule has 0 bridgehead atoms. The van der Waals surface area contributed by atoms with Gasteiger partial charge in [0.2, 0.25) is 0 Å². The van der Waals surface area contributed by atoms with E-state index in [1.54, 1.807) is 12.3 Å². The molecule has 3 aromatic rings. The van der Waals surface area contributed by atoms with E-state index in [4.69, 9.17) is 11.6 Å². The summed E-state index contributed by atoms with van der Waals surface area (Å²) >= 11 is 7.29. The number of halogens is 1. The van der Waals surface area contributed by atoms with Gasteiger partial charge in [0.1, 0.15) is 0 Å². The second-order valence-electron chi connectivity index (χ2n) is 5.73. The molecule has 1 saturated carbocycles. The summed E-state index contributed by atoms with van der Waals surface area (Å²) in [5.74, 6) is 0.257. The molecule has 1 aliphatic rings. The number of amides is 1. The quantitative estimate of drug-likeness (QED) is 0.549. The summed E-state index contributed by atoms with van der Waals surface area (Å²) in [6.07, 6.45) is 3.88. The molecular weight excluding hydrogens is 342 g/mol. The fraction of sp³-hybridized carbons (Fsp3) is 0.167. The van der Waals surface area contributed by atoms with E-state index in [-0.39, 0.29) is 5.91 Å². The molecule has 1 N–H and O–H groups in total. The first-order valence-corrected chi connectivity index (χ1v) is 8.88. The Balaban J connectivity index is 1.62. The van der Waals surface area contributed by atoms with Crippen molar-refractivity contribution in [2.45, 2.75) is 18.8 Å². The average molecular weight is 356 g/mol. The zero-order valence-electron chi connectivity index (χ0n) is 12.7. The molecule has 6 heteroatoms. The van der Waals surface area contributed by atoms with Crippen molar-refractivity contribution in [3.63, 3.8) is 0 Å². The fourth-order valence-corrected chi connectivity index (χ4v) is 3.52. The highest BCUT2D eigenvalue weighted by molar-refractivity contribution is 7.17. The van der Waals surface area contributed by atoms with Gasteiger partial charge in [-0.05, 0) is 37.1 Å². The van der Waals surface area contributed by atoms with Crippen LogP contribution in [0, 0.1) is 0 Å². The van der Waals surface area contributed by atoms with Gasteiger partial charge in [0.25, 0.3) is 5.91 Å². The zero-order valence-corrected chi connectivity index (χ0v) is 14.3. The number of hydrogen-bond acceptors (Lipinski definition) is 4. The summed E-state index contributed by atoms with van der Waals surface area (Å²) in [6.45, 7) is 0. The van der Waals surface area contributed by atoms with Gasteiger partial charge in [-0.3, -0.25) is 9.78 Å². The average Bonchev–Trinajstić information content (AvgIpc) is 3.36. The minimum absolute atomic E-state index is 0.227. The maximum Gasteiger partial charge on any atom is 0.272 e. The molecule has 2 aromatic heterocycles. The van der Waals surface area contributed by atoms with Gasteiger partial charge in [-0.25, -0.2) is 5.43 Å². The number of carbonyl (C=O) groups excluding carboxylic acids is 1. The van der Waals surface area contributed by atoms with Crippen LogP contribution in [0.5, 0.6) is 0 Å². The molecule has 24 heavy (non-hydrogen) atoms. The number of para-hydroxylation sites is 1. The minimum atomic E-state index is -0.227. The summed E-state index contributed by atoms with van der Waals surface area (Å²) in [7, 11) is 0. The highest BCUT2D eigenvalue weighted by Gasteiger charge is 2.26. The lowest BCUT2D eigenvalue weighted by Crippen LogP contribution is -2.18. The Labute approximate surface area is 148 Å². The van der Waals surface area contributed by atoms with E-state index in [0.717, 1.165) is 34.3 Å². The number of fused-ring (bicyclic) bond motifs is 1. The van der Waals surface area contributed by atoms with Crippen LogP contribution < -0.4 is 5.43 Å². The Kier molecular flexibility index (Phi) is 4.04. The van der Waals surface area contributed by atoms with Crippen LogP contribution in [0.2, 0.25) is 4.34 Å². The summed E-state index contributed by atoms with van der Waals surface area (Å²) in [4.78, 5) is 18.1. The zero-order chi connectivity index (χ0) is 16.5. The first kappa shape index (κ1) is 15.3. The summed E-state index contributed by atoms with van der Waals surface area (Å²) in [6, 6.07) is 13.3. The van der Waals surface area contributed by atoms with E-state index in [2.05, 4.69) is 15.5 Å². The van der Waals surface area contributed by atoms with Gasteiger partial charge in [0.15, 0.2) is 0 Å². The molecule has 2 heterocycles. The third-order valence-electron chi connectivity index (χ3n) is 3.93. The molecule has 0 unspecified atom stereocenters. The maximum absolute atomic E-state index is 12.6. The van der Waals surface area contributed by atoms with Gasteiger partial charge < -0.3 is 0 Å². The molecule has 4 nitrogen and oxygen atoms in total. The van der Waals surface area contributed by atoms with Crippen molar-refractivity contribution in [3.05, 3.63) is 62.9 Å². The standard InChI is InChI=1S/C18H14ClN3OS/c19-17-8-7-12(24-17)10-20-22-18(23)14-9-16(11-5-6-11)21-15-4-2-1-3-13(14)15/h1-4,7-11H,5-6H2,(H,22,23)/b20-10+. The van der Waals surface area contributed by atoms with E-state index >= 15 is 0 Å². The second-order valence-corrected chi connectivity index (χ2v) is 7.47. The molecule has 0 saturated heterocycles. The monoisotopic (exact) mass is 355 g/mol. The molecule has 0 radical (unpaired) electrons. The fourth-order valence-electron chi connectivity index (χ4n) is 2.58. The van der Waals surface area contributed by atoms with Crippen molar-refractivity contribution >= 4 is 46.0 Å². The van der Waals surface area contributed by atoms with Crippen LogP contribution in [0.15, 0.2) is 47.6 Å². The molecule has 1 amide bonds. The Morgan fingerprint density at radius 1 is 1.29 bits per heavy atom. The predicted octanol–water partition coefficient (Wildman–Crippen LogP) is 4.59. The summed E-state index contributed by atoms with van der Waals surface area (Å²) < 4.78 is 0.692. The number of rotatable bonds is 4. The van der Waals surface area contributed by atoms with E-state index < -0.39 is 0 Å². The van der Waals surface area contributed by atoms with Gasteiger partial charge in [-0.1, -0.05) is 29.8 Å². The number of hydrazone groups is 1. The van der Waals surface area contributed by atoms with Crippen molar-refractivity contribution in [1.82, 2.24) is 10.4 Å². The van der Waals surface area contributed by atoms with Gasteiger partial charge >= 0.3 is 0 Å². The highest BCUT2D eigenvalue weighted by Crippen LogP contribution is 2.40. The largest absolute Gasteiger partial charge is 0.272 e. The van der Waals surface area contributed by atoms with Crippen LogP contribution in [-0.4, -0.2) is 17.1 Å². The molecule has 1 aliphatic carbocycles. The van der Waals surface area contributed by atoms with Crippen LogP contribution in [0.4, 0.5) is 0 Å². The van der Waals surface area contributed by atoms with E-state index in [9.17, 15) is 4.79 Å². The molecule has 0 atom stereocenters. The molecule has 1 fully saturated rings. The predicted molar refractivity (Wildman–Crippen MR) is 98.1 cm³/mol. The molecule has 0 aliphatic heterocycles. The first-order chi connectivity index (χ1) is 11.7. The topological polar surface area (TPSA) is 54.4 Å². The van der Waals surface area contributed by atoms with Gasteiger partial charge in [-0.2, -0.15) is 5.10 Å². The highest BCUT2D eigenvalue weighted by atomic mass is 35.5. The SMILES string of the molecule is O=C(N/N=C/c1ccc(Cl)s1)c1cc(C2CC2)nc2ccccc12. The number of aromatic nitrogens is 1.